The summed E-state index contributed by atoms with van der Waals surface area (Å²) in [6.07, 6.45) is -1.10. The lowest BCUT2D eigenvalue weighted by Gasteiger charge is -2.21. The molecule has 1 aromatic carbocycles. The highest BCUT2D eigenvalue weighted by Crippen LogP contribution is 2.18. The van der Waals surface area contributed by atoms with Crippen molar-refractivity contribution in [1.29, 1.82) is 0 Å². The molecular weight excluding hydrogens is 394 g/mol. The molecule has 2 rings (SSSR count). The molecule has 0 aliphatic rings. The van der Waals surface area contributed by atoms with Gasteiger partial charge in [0.25, 0.3) is 5.82 Å². The first kappa shape index (κ1) is 22.9. The first-order chi connectivity index (χ1) is 14.2. The molecule has 1 atom stereocenters. The number of alkyl carbamates (subject to hydrolysis) is 1. The number of benzene rings is 1. The van der Waals surface area contributed by atoms with Crippen molar-refractivity contribution in [2.45, 2.75) is 52.4 Å². The number of carbonyl (C=O) groups is 3. The summed E-state index contributed by atoms with van der Waals surface area (Å²) in [6, 6.07) is 8.07. The van der Waals surface area contributed by atoms with Crippen molar-refractivity contribution in [2.75, 3.05) is 6.61 Å². The molecule has 0 fully saturated rings. The van der Waals surface area contributed by atoms with E-state index >= 15 is 0 Å². The monoisotopic (exact) mass is 419 g/mol. The van der Waals surface area contributed by atoms with Crippen LogP contribution in [0.15, 0.2) is 34.9 Å². The lowest BCUT2D eigenvalue weighted by atomic mass is 10.2. The van der Waals surface area contributed by atoms with Gasteiger partial charge in [-0.05, 0) is 38.4 Å². The Morgan fingerprint density at radius 2 is 1.83 bits per heavy atom. The Morgan fingerprint density at radius 1 is 1.13 bits per heavy atom. The number of nitrogens with one attached hydrogen (secondary N) is 1. The minimum atomic E-state index is -1.06. The van der Waals surface area contributed by atoms with E-state index in [1.807, 2.05) is 30.3 Å². The summed E-state index contributed by atoms with van der Waals surface area (Å²) in [7, 11) is 0. The maximum atomic E-state index is 12.3. The highest BCUT2D eigenvalue weighted by atomic mass is 16.6. The Labute approximate surface area is 173 Å². The van der Waals surface area contributed by atoms with Gasteiger partial charge < -0.3 is 24.1 Å². The smallest absolute Gasteiger partial charge is 0.408 e. The molecule has 0 unspecified atom stereocenters. The summed E-state index contributed by atoms with van der Waals surface area (Å²) < 4.78 is 20.3. The highest BCUT2D eigenvalue weighted by Gasteiger charge is 2.29. The summed E-state index contributed by atoms with van der Waals surface area (Å²) in [5.41, 5.74) is 0.0535. The third-order valence-corrected chi connectivity index (χ3v) is 3.50. The molecule has 162 valence electrons. The molecule has 0 saturated carbocycles. The van der Waals surface area contributed by atoms with Gasteiger partial charge in [-0.15, -0.1) is 0 Å². The van der Waals surface area contributed by atoms with Crippen LogP contribution in [0.5, 0.6) is 0 Å². The second kappa shape index (κ2) is 10.4. The molecule has 0 aliphatic heterocycles. The maximum absolute atomic E-state index is 12.3. The molecule has 2 aromatic rings. The van der Waals surface area contributed by atoms with Gasteiger partial charge in [0.15, 0.2) is 0 Å². The van der Waals surface area contributed by atoms with Crippen LogP contribution in [-0.2, 0) is 25.6 Å². The molecule has 0 spiro atoms. The first-order valence-corrected chi connectivity index (χ1v) is 9.37. The molecular formula is C20H25N3O7. The summed E-state index contributed by atoms with van der Waals surface area (Å²) in [6.45, 7) is 6.92. The SMILES string of the molecule is CCOC(=O)c1noc([C@H](CC(=O)OCc2ccccc2)NC(=O)OC(C)(C)C)n1. The summed E-state index contributed by atoms with van der Waals surface area (Å²) in [5, 5.41) is 6.03. The Bertz CT molecular complexity index is 859. The Kier molecular flexibility index (Phi) is 7.90. The number of hydrogen-bond donors (Lipinski definition) is 1. The number of carbonyl (C=O) groups excluding carboxylic acids is 3. The van der Waals surface area contributed by atoms with Gasteiger partial charge in [0.1, 0.15) is 18.2 Å². The zero-order valence-electron chi connectivity index (χ0n) is 17.3. The van der Waals surface area contributed by atoms with Gasteiger partial charge in [0, 0.05) is 0 Å². The number of ether oxygens (including phenoxy) is 3. The van der Waals surface area contributed by atoms with Crippen molar-refractivity contribution in [3.63, 3.8) is 0 Å². The van der Waals surface area contributed by atoms with Gasteiger partial charge in [-0.3, -0.25) is 4.79 Å². The molecule has 0 saturated heterocycles. The molecule has 1 N–H and O–H groups in total. The van der Waals surface area contributed by atoms with E-state index in [1.54, 1.807) is 27.7 Å². The molecule has 10 heteroatoms. The molecule has 0 aliphatic carbocycles. The molecule has 1 aromatic heterocycles. The zero-order chi connectivity index (χ0) is 22.1. The summed E-state index contributed by atoms with van der Waals surface area (Å²) >= 11 is 0. The quantitative estimate of drug-likeness (QED) is 0.507. The van der Waals surface area contributed by atoms with Gasteiger partial charge in [0.05, 0.1) is 13.0 Å². The normalized spacial score (nSPS) is 12.0. The average Bonchev–Trinajstić information content (AvgIpc) is 3.16. The van der Waals surface area contributed by atoms with Crippen LogP contribution >= 0.6 is 0 Å². The number of aromatic nitrogens is 2. The fourth-order valence-electron chi connectivity index (χ4n) is 2.27. The predicted molar refractivity (Wildman–Crippen MR) is 103 cm³/mol. The van der Waals surface area contributed by atoms with E-state index < -0.39 is 29.7 Å². The zero-order valence-corrected chi connectivity index (χ0v) is 17.3. The Hall–Kier alpha value is -3.43. The maximum Gasteiger partial charge on any atom is 0.408 e. The average molecular weight is 419 g/mol. The molecule has 0 radical (unpaired) electrons. The van der Waals surface area contributed by atoms with Crippen molar-refractivity contribution < 1.29 is 33.1 Å². The minimum Gasteiger partial charge on any atom is -0.461 e. The van der Waals surface area contributed by atoms with Crippen molar-refractivity contribution in [1.82, 2.24) is 15.5 Å². The largest absolute Gasteiger partial charge is 0.461 e. The third kappa shape index (κ3) is 7.53. The van der Waals surface area contributed by atoms with E-state index in [9.17, 15) is 14.4 Å². The molecule has 1 heterocycles. The second-order valence-electron chi connectivity index (χ2n) is 7.23. The summed E-state index contributed by atoms with van der Waals surface area (Å²) in [4.78, 5) is 40.2. The lowest BCUT2D eigenvalue weighted by molar-refractivity contribution is -0.145. The van der Waals surface area contributed by atoms with E-state index in [0.29, 0.717) is 0 Å². The second-order valence-corrected chi connectivity index (χ2v) is 7.23. The number of hydrogen-bond acceptors (Lipinski definition) is 9. The first-order valence-electron chi connectivity index (χ1n) is 9.37. The third-order valence-electron chi connectivity index (χ3n) is 3.50. The van der Waals surface area contributed by atoms with Crippen LogP contribution in [0.3, 0.4) is 0 Å². The van der Waals surface area contributed by atoms with Crippen LogP contribution in [0.2, 0.25) is 0 Å². The topological polar surface area (TPSA) is 130 Å². The number of esters is 2. The Balaban J connectivity index is 2.09. The molecule has 10 nitrogen and oxygen atoms in total. The number of rotatable bonds is 8. The van der Waals surface area contributed by atoms with E-state index in [2.05, 4.69) is 15.5 Å². The number of nitrogens with zero attached hydrogens (tertiary/aromatic N) is 2. The van der Waals surface area contributed by atoms with Crippen LogP contribution in [0.1, 0.15) is 62.2 Å². The van der Waals surface area contributed by atoms with Gasteiger partial charge >= 0.3 is 18.0 Å². The van der Waals surface area contributed by atoms with E-state index in [1.165, 1.54) is 0 Å². The van der Waals surface area contributed by atoms with Crippen LogP contribution in [0, 0.1) is 0 Å². The molecule has 1 amide bonds. The Morgan fingerprint density at radius 3 is 2.47 bits per heavy atom. The van der Waals surface area contributed by atoms with Crippen LogP contribution in [0.4, 0.5) is 4.79 Å². The van der Waals surface area contributed by atoms with Crippen LogP contribution in [-0.4, -0.2) is 40.4 Å². The van der Waals surface area contributed by atoms with Gasteiger partial charge in [-0.25, -0.2) is 9.59 Å². The van der Waals surface area contributed by atoms with Crippen LogP contribution in [0.25, 0.3) is 0 Å². The van der Waals surface area contributed by atoms with E-state index in [0.717, 1.165) is 5.56 Å². The van der Waals surface area contributed by atoms with E-state index in [-0.39, 0.29) is 31.3 Å². The number of amides is 1. The van der Waals surface area contributed by atoms with Crippen molar-refractivity contribution in [3.05, 3.63) is 47.6 Å². The standard InChI is InChI=1S/C20H25N3O7/c1-5-27-18(25)16-22-17(30-23-16)14(21-19(26)29-20(2,3)4)11-15(24)28-12-13-9-7-6-8-10-13/h6-10,14H,5,11-12H2,1-4H3,(H,21,26)/t14-/m0/s1. The molecule has 30 heavy (non-hydrogen) atoms. The van der Waals surface area contributed by atoms with Crippen molar-refractivity contribution in [2.24, 2.45) is 0 Å². The fourth-order valence-corrected chi connectivity index (χ4v) is 2.27. The van der Waals surface area contributed by atoms with Crippen molar-refractivity contribution in [3.8, 4) is 0 Å². The minimum absolute atomic E-state index is 0.0662. The predicted octanol–water partition coefficient (Wildman–Crippen LogP) is 2.95. The highest BCUT2D eigenvalue weighted by molar-refractivity contribution is 5.84. The van der Waals surface area contributed by atoms with E-state index in [4.69, 9.17) is 18.7 Å². The van der Waals surface area contributed by atoms with Crippen LogP contribution < -0.4 is 5.32 Å². The van der Waals surface area contributed by atoms with Crippen molar-refractivity contribution >= 4 is 18.0 Å². The molecule has 0 bridgehead atoms. The van der Waals surface area contributed by atoms with Gasteiger partial charge in [-0.1, -0.05) is 30.3 Å². The van der Waals surface area contributed by atoms with Gasteiger partial charge in [0.2, 0.25) is 5.89 Å². The summed E-state index contributed by atoms with van der Waals surface area (Å²) in [5.74, 6) is -1.87. The lowest BCUT2D eigenvalue weighted by Crippen LogP contribution is -2.36. The van der Waals surface area contributed by atoms with Gasteiger partial charge in [-0.2, -0.15) is 4.98 Å². The fraction of sp³-hybridized carbons (Fsp3) is 0.450.